The van der Waals surface area contributed by atoms with Crippen LogP contribution in [0.4, 0.5) is 8.78 Å². The fraction of sp³-hybridized carbons (Fsp3) is 0.333. The van der Waals surface area contributed by atoms with Crippen LogP contribution in [0.2, 0.25) is 0 Å². The van der Waals surface area contributed by atoms with Crippen LogP contribution in [0, 0.1) is 17.6 Å². The van der Waals surface area contributed by atoms with Crippen LogP contribution in [0.25, 0.3) is 21.9 Å². The van der Waals surface area contributed by atoms with Gasteiger partial charge in [0.15, 0.2) is 11.6 Å². The molecule has 1 aliphatic carbocycles. The SMILES string of the molecule is CCC1CCC(c2ccc(-c3ccc4c(F)c(F)ccc4c3)cc2)CC1. The zero-order valence-electron chi connectivity index (χ0n) is 15.1. The molecule has 3 aromatic rings. The molecule has 0 heterocycles. The Morgan fingerprint density at radius 3 is 2.19 bits per heavy atom. The third-order valence-corrected chi connectivity index (χ3v) is 6.05. The van der Waals surface area contributed by atoms with Crippen LogP contribution in [0.5, 0.6) is 0 Å². The molecule has 134 valence electrons. The van der Waals surface area contributed by atoms with Gasteiger partial charge in [-0.15, -0.1) is 0 Å². The van der Waals surface area contributed by atoms with E-state index in [2.05, 4.69) is 31.2 Å². The molecule has 4 rings (SSSR count). The highest BCUT2D eigenvalue weighted by atomic mass is 19.2. The highest BCUT2D eigenvalue weighted by molar-refractivity contribution is 5.87. The first-order valence-electron chi connectivity index (χ1n) is 9.64. The zero-order chi connectivity index (χ0) is 18.1. The second-order valence-corrected chi connectivity index (χ2v) is 7.55. The van der Waals surface area contributed by atoms with Crippen LogP contribution < -0.4 is 0 Å². The van der Waals surface area contributed by atoms with Crippen molar-refractivity contribution in [1.82, 2.24) is 0 Å². The fourth-order valence-electron chi connectivity index (χ4n) is 4.30. The van der Waals surface area contributed by atoms with Crippen molar-refractivity contribution in [1.29, 1.82) is 0 Å². The van der Waals surface area contributed by atoms with E-state index in [9.17, 15) is 8.78 Å². The van der Waals surface area contributed by atoms with E-state index in [1.807, 2.05) is 12.1 Å². The van der Waals surface area contributed by atoms with Gasteiger partial charge in [-0.1, -0.05) is 55.8 Å². The van der Waals surface area contributed by atoms with Gasteiger partial charge in [-0.2, -0.15) is 0 Å². The average molecular weight is 350 g/mol. The Bertz CT molecular complexity index is 903. The smallest absolute Gasteiger partial charge is 0.166 e. The van der Waals surface area contributed by atoms with Gasteiger partial charge in [0.1, 0.15) is 0 Å². The minimum absolute atomic E-state index is 0.332. The van der Waals surface area contributed by atoms with Crippen molar-refractivity contribution >= 4 is 10.8 Å². The van der Waals surface area contributed by atoms with Crippen LogP contribution in [0.1, 0.15) is 50.5 Å². The molecular formula is C24H24F2. The maximum Gasteiger partial charge on any atom is 0.166 e. The lowest BCUT2D eigenvalue weighted by molar-refractivity contribution is 0.319. The molecule has 1 aliphatic rings. The maximum atomic E-state index is 13.9. The van der Waals surface area contributed by atoms with Crippen LogP contribution in [-0.4, -0.2) is 0 Å². The molecule has 26 heavy (non-hydrogen) atoms. The number of benzene rings is 3. The quantitative estimate of drug-likeness (QED) is 0.459. The van der Waals surface area contributed by atoms with Crippen molar-refractivity contribution in [3.63, 3.8) is 0 Å². The molecule has 0 unspecified atom stereocenters. The minimum atomic E-state index is -0.799. The van der Waals surface area contributed by atoms with Crippen molar-refractivity contribution in [2.24, 2.45) is 5.92 Å². The van der Waals surface area contributed by atoms with Gasteiger partial charge in [-0.25, -0.2) is 8.78 Å². The molecule has 0 spiro atoms. The first-order chi connectivity index (χ1) is 12.7. The molecule has 0 atom stereocenters. The maximum absolute atomic E-state index is 13.9. The summed E-state index contributed by atoms with van der Waals surface area (Å²) in [5.74, 6) is 0.0216. The van der Waals surface area contributed by atoms with Crippen molar-refractivity contribution in [3.8, 4) is 11.1 Å². The van der Waals surface area contributed by atoms with E-state index in [4.69, 9.17) is 0 Å². The summed E-state index contributed by atoms with van der Waals surface area (Å²) in [6.07, 6.45) is 6.57. The molecule has 0 N–H and O–H groups in total. The number of halogens is 2. The van der Waals surface area contributed by atoms with E-state index in [1.165, 1.54) is 43.7 Å². The van der Waals surface area contributed by atoms with Crippen molar-refractivity contribution in [3.05, 3.63) is 71.8 Å². The topological polar surface area (TPSA) is 0 Å². The Labute approximate surface area is 153 Å². The molecule has 0 aromatic heterocycles. The number of rotatable bonds is 3. The molecule has 2 heteroatoms. The van der Waals surface area contributed by atoms with E-state index in [0.717, 1.165) is 22.4 Å². The lowest BCUT2D eigenvalue weighted by atomic mass is 9.77. The average Bonchev–Trinajstić information content (AvgIpc) is 2.71. The molecular weight excluding hydrogens is 326 g/mol. The second kappa shape index (κ2) is 7.19. The van der Waals surface area contributed by atoms with Gasteiger partial charge in [-0.05, 0) is 71.7 Å². The van der Waals surface area contributed by atoms with E-state index in [0.29, 0.717) is 11.3 Å². The Kier molecular flexibility index (Phi) is 4.76. The largest absolute Gasteiger partial charge is 0.204 e. The predicted molar refractivity (Wildman–Crippen MR) is 104 cm³/mol. The summed E-state index contributed by atoms with van der Waals surface area (Å²) in [6, 6.07) is 17.1. The number of hydrogen-bond donors (Lipinski definition) is 0. The van der Waals surface area contributed by atoms with E-state index >= 15 is 0 Å². The highest BCUT2D eigenvalue weighted by Gasteiger charge is 2.21. The number of fused-ring (bicyclic) bond motifs is 1. The molecule has 0 nitrogen and oxygen atoms in total. The van der Waals surface area contributed by atoms with Crippen LogP contribution in [0.3, 0.4) is 0 Å². The first kappa shape index (κ1) is 17.2. The third-order valence-electron chi connectivity index (χ3n) is 6.05. The Hall–Kier alpha value is -2.22. The van der Waals surface area contributed by atoms with E-state index < -0.39 is 11.6 Å². The normalized spacial score (nSPS) is 20.4. The molecule has 0 aliphatic heterocycles. The summed E-state index contributed by atoms with van der Waals surface area (Å²) in [7, 11) is 0. The third kappa shape index (κ3) is 3.25. The van der Waals surface area contributed by atoms with Crippen LogP contribution in [0.15, 0.2) is 54.6 Å². The van der Waals surface area contributed by atoms with Gasteiger partial charge < -0.3 is 0 Å². The van der Waals surface area contributed by atoms with Gasteiger partial charge in [0.25, 0.3) is 0 Å². The summed E-state index contributed by atoms with van der Waals surface area (Å²) >= 11 is 0. The monoisotopic (exact) mass is 350 g/mol. The van der Waals surface area contributed by atoms with Crippen molar-refractivity contribution in [2.45, 2.75) is 44.9 Å². The van der Waals surface area contributed by atoms with Gasteiger partial charge in [0, 0.05) is 5.39 Å². The highest BCUT2D eigenvalue weighted by Crippen LogP contribution is 2.37. The summed E-state index contributed by atoms with van der Waals surface area (Å²) in [5.41, 5.74) is 3.57. The lowest BCUT2D eigenvalue weighted by Crippen LogP contribution is -2.12. The molecule has 1 saturated carbocycles. The Morgan fingerprint density at radius 1 is 0.808 bits per heavy atom. The summed E-state index contributed by atoms with van der Waals surface area (Å²) in [6.45, 7) is 2.30. The van der Waals surface area contributed by atoms with Crippen LogP contribution >= 0.6 is 0 Å². The zero-order valence-corrected chi connectivity index (χ0v) is 15.1. The second-order valence-electron chi connectivity index (χ2n) is 7.55. The van der Waals surface area contributed by atoms with Gasteiger partial charge in [0.2, 0.25) is 0 Å². The summed E-state index contributed by atoms with van der Waals surface area (Å²) in [5, 5.41) is 1.06. The standard InChI is InChI=1S/C24H24F2/c1-2-16-3-5-17(6-4-16)18-7-9-19(10-8-18)20-11-13-22-21(15-20)12-14-23(25)24(22)26/h7-17H,2-6H2,1H3. The predicted octanol–water partition coefficient (Wildman–Crippen LogP) is 7.47. The Balaban J connectivity index is 1.57. The van der Waals surface area contributed by atoms with Crippen molar-refractivity contribution < 1.29 is 8.78 Å². The summed E-state index contributed by atoms with van der Waals surface area (Å²) < 4.78 is 27.2. The first-order valence-corrected chi connectivity index (χ1v) is 9.64. The molecule has 3 aromatic carbocycles. The molecule has 0 saturated heterocycles. The van der Waals surface area contributed by atoms with Crippen LogP contribution in [-0.2, 0) is 0 Å². The van der Waals surface area contributed by atoms with Gasteiger partial charge in [-0.3, -0.25) is 0 Å². The summed E-state index contributed by atoms with van der Waals surface area (Å²) in [4.78, 5) is 0. The molecule has 0 radical (unpaired) electrons. The van der Waals surface area contributed by atoms with E-state index in [1.54, 1.807) is 12.1 Å². The lowest BCUT2D eigenvalue weighted by Gasteiger charge is -2.28. The van der Waals surface area contributed by atoms with E-state index in [-0.39, 0.29) is 0 Å². The molecule has 0 amide bonds. The van der Waals surface area contributed by atoms with Crippen molar-refractivity contribution in [2.75, 3.05) is 0 Å². The molecule has 0 bridgehead atoms. The van der Waals surface area contributed by atoms with Gasteiger partial charge >= 0.3 is 0 Å². The molecule has 1 fully saturated rings. The minimum Gasteiger partial charge on any atom is -0.204 e. The Morgan fingerprint density at radius 2 is 1.50 bits per heavy atom. The fourth-order valence-corrected chi connectivity index (χ4v) is 4.30. The number of hydrogen-bond acceptors (Lipinski definition) is 0. The van der Waals surface area contributed by atoms with Gasteiger partial charge in [0.05, 0.1) is 0 Å².